The third kappa shape index (κ3) is 2.13. The van der Waals surface area contributed by atoms with Crippen LogP contribution in [0.4, 0.5) is 5.69 Å². The molecule has 0 saturated heterocycles. The van der Waals surface area contributed by atoms with Gasteiger partial charge in [-0.15, -0.1) is 0 Å². The Morgan fingerprint density at radius 3 is 3.00 bits per heavy atom. The van der Waals surface area contributed by atoms with Crippen molar-refractivity contribution in [3.8, 4) is 0 Å². The highest BCUT2D eigenvalue weighted by Gasteiger charge is 2.12. The quantitative estimate of drug-likeness (QED) is 0.895. The molecule has 0 fully saturated rings. The molecule has 1 aliphatic carbocycles. The molecule has 3 heteroatoms. The van der Waals surface area contributed by atoms with Gasteiger partial charge in [0.15, 0.2) is 0 Å². The highest BCUT2D eigenvalue weighted by Crippen LogP contribution is 2.28. The molecule has 0 radical (unpaired) electrons. The van der Waals surface area contributed by atoms with Crippen LogP contribution >= 0.6 is 0 Å². The predicted molar refractivity (Wildman–Crippen MR) is 73.6 cm³/mol. The van der Waals surface area contributed by atoms with Crippen molar-refractivity contribution < 1.29 is 0 Å². The van der Waals surface area contributed by atoms with Crippen molar-refractivity contribution in [3.05, 3.63) is 47.5 Å². The summed E-state index contributed by atoms with van der Waals surface area (Å²) in [5.41, 5.74) is 5.55. The summed E-state index contributed by atoms with van der Waals surface area (Å²) in [6, 6.07) is 6.62. The van der Waals surface area contributed by atoms with Crippen LogP contribution in [0.2, 0.25) is 0 Å². The van der Waals surface area contributed by atoms with Gasteiger partial charge in [-0.25, -0.2) is 4.98 Å². The minimum atomic E-state index is 0.840. The SMILES string of the molecule is Cn1cncc1CNc1cccc2c1CCCC2. The maximum Gasteiger partial charge on any atom is 0.0946 e. The van der Waals surface area contributed by atoms with E-state index in [2.05, 4.69) is 33.1 Å². The number of anilines is 1. The summed E-state index contributed by atoms with van der Waals surface area (Å²) in [7, 11) is 2.03. The third-order valence-corrected chi connectivity index (χ3v) is 3.77. The number of aryl methyl sites for hydroxylation is 2. The first-order valence-electron chi connectivity index (χ1n) is 6.64. The van der Waals surface area contributed by atoms with E-state index in [1.54, 1.807) is 0 Å². The zero-order valence-corrected chi connectivity index (χ0v) is 10.8. The molecule has 1 aromatic carbocycles. The van der Waals surface area contributed by atoms with Crippen molar-refractivity contribution in [2.75, 3.05) is 5.32 Å². The minimum absolute atomic E-state index is 0.840. The van der Waals surface area contributed by atoms with Crippen molar-refractivity contribution in [1.82, 2.24) is 9.55 Å². The van der Waals surface area contributed by atoms with Crippen LogP contribution in [0.5, 0.6) is 0 Å². The molecular weight excluding hydrogens is 222 g/mol. The third-order valence-electron chi connectivity index (χ3n) is 3.77. The van der Waals surface area contributed by atoms with Gasteiger partial charge in [-0.3, -0.25) is 0 Å². The van der Waals surface area contributed by atoms with E-state index in [1.165, 1.54) is 48.2 Å². The average molecular weight is 241 g/mol. The number of rotatable bonds is 3. The molecule has 3 rings (SSSR count). The lowest BCUT2D eigenvalue weighted by molar-refractivity contribution is 0.686. The molecule has 0 spiro atoms. The van der Waals surface area contributed by atoms with E-state index < -0.39 is 0 Å². The first-order valence-corrected chi connectivity index (χ1v) is 6.64. The van der Waals surface area contributed by atoms with Gasteiger partial charge in [0.1, 0.15) is 0 Å². The smallest absolute Gasteiger partial charge is 0.0946 e. The summed E-state index contributed by atoms with van der Waals surface area (Å²) in [5, 5.41) is 3.56. The molecule has 2 aromatic rings. The maximum atomic E-state index is 4.14. The Morgan fingerprint density at radius 1 is 1.28 bits per heavy atom. The van der Waals surface area contributed by atoms with Crippen LogP contribution in [0.25, 0.3) is 0 Å². The molecular formula is C15H19N3. The highest BCUT2D eigenvalue weighted by molar-refractivity contribution is 5.55. The van der Waals surface area contributed by atoms with Crippen molar-refractivity contribution in [2.45, 2.75) is 32.2 Å². The summed E-state index contributed by atoms with van der Waals surface area (Å²) >= 11 is 0. The fraction of sp³-hybridized carbons (Fsp3) is 0.400. The van der Waals surface area contributed by atoms with Crippen LogP contribution in [-0.4, -0.2) is 9.55 Å². The standard InChI is InChI=1S/C15H19N3/c1-18-11-16-9-13(18)10-17-15-8-4-6-12-5-2-3-7-14(12)15/h4,6,8-9,11,17H,2-3,5,7,10H2,1H3. The summed E-state index contributed by atoms with van der Waals surface area (Å²) in [6.45, 7) is 0.840. The van der Waals surface area contributed by atoms with Gasteiger partial charge in [-0.2, -0.15) is 0 Å². The summed E-state index contributed by atoms with van der Waals surface area (Å²) in [4.78, 5) is 4.14. The van der Waals surface area contributed by atoms with Gasteiger partial charge in [0.25, 0.3) is 0 Å². The second-order valence-corrected chi connectivity index (χ2v) is 5.00. The fourth-order valence-corrected chi connectivity index (χ4v) is 2.69. The van der Waals surface area contributed by atoms with E-state index in [0.29, 0.717) is 0 Å². The van der Waals surface area contributed by atoms with E-state index in [-0.39, 0.29) is 0 Å². The molecule has 3 nitrogen and oxygen atoms in total. The van der Waals surface area contributed by atoms with Gasteiger partial charge >= 0.3 is 0 Å². The van der Waals surface area contributed by atoms with Gasteiger partial charge < -0.3 is 9.88 Å². The first kappa shape index (κ1) is 11.3. The Bertz CT molecular complexity index is 542. The second kappa shape index (κ2) is 4.84. The molecule has 0 unspecified atom stereocenters. The van der Waals surface area contributed by atoms with Crippen LogP contribution < -0.4 is 5.32 Å². The Balaban J connectivity index is 1.79. The van der Waals surface area contributed by atoms with E-state index in [0.717, 1.165) is 6.54 Å². The van der Waals surface area contributed by atoms with Crippen LogP contribution in [0.1, 0.15) is 29.7 Å². The number of benzene rings is 1. The zero-order valence-electron chi connectivity index (χ0n) is 10.8. The molecule has 0 aliphatic heterocycles. The number of aromatic nitrogens is 2. The van der Waals surface area contributed by atoms with Crippen LogP contribution in [-0.2, 0) is 26.4 Å². The molecule has 0 atom stereocenters. The molecule has 0 bridgehead atoms. The van der Waals surface area contributed by atoms with Crippen LogP contribution in [0.15, 0.2) is 30.7 Å². The lowest BCUT2D eigenvalue weighted by Crippen LogP contribution is -2.09. The van der Waals surface area contributed by atoms with Crippen LogP contribution in [0, 0.1) is 0 Å². The molecule has 18 heavy (non-hydrogen) atoms. The number of hydrogen-bond donors (Lipinski definition) is 1. The van der Waals surface area contributed by atoms with Gasteiger partial charge in [-0.1, -0.05) is 12.1 Å². The number of nitrogens with zero attached hydrogens (tertiary/aromatic N) is 2. The lowest BCUT2D eigenvalue weighted by Gasteiger charge is -2.20. The average Bonchev–Trinajstić information content (AvgIpc) is 2.82. The van der Waals surface area contributed by atoms with Crippen LogP contribution in [0.3, 0.4) is 0 Å². The first-order chi connectivity index (χ1) is 8.84. The fourth-order valence-electron chi connectivity index (χ4n) is 2.69. The Labute approximate surface area is 108 Å². The molecule has 1 heterocycles. The second-order valence-electron chi connectivity index (χ2n) is 5.00. The van der Waals surface area contributed by atoms with Crippen molar-refractivity contribution in [3.63, 3.8) is 0 Å². The summed E-state index contributed by atoms with van der Waals surface area (Å²) < 4.78 is 2.06. The Kier molecular flexibility index (Phi) is 3.05. The van der Waals surface area contributed by atoms with Gasteiger partial charge in [0, 0.05) is 18.9 Å². The molecule has 1 aromatic heterocycles. The number of hydrogen-bond acceptors (Lipinski definition) is 2. The topological polar surface area (TPSA) is 29.9 Å². The molecule has 0 saturated carbocycles. The van der Waals surface area contributed by atoms with Gasteiger partial charge in [0.05, 0.1) is 18.6 Å². The van der Waals surface area contributed by atoms with Gasteiger partial charge in [-0.05, 0) is 42.9 Å². The van der Waals surface area contributed by atoms with E-state index in [9.17, 15) is 0 Å². The van der Waals surface area contributed by atoms with Crippen molar-refractivity contribution in [2.24, 2.45) is 7.05 Å². The normalized spacial score (nSPS) is 14.3. The van der Waals surface area contributed by atoms with E-state index >= 15 is 0 Å². The zero-order chi connectivity index (χ0) is 12.4. The largest absolute Gasteiger partial charge is 0.379 e. The van der Waals surface area contributed by atoms with Crippen molar-refractivity contribution >= 4 is 5.69 Å². The monoisotopic (exact) mass is 241 g/mol. The Hall–Kier alpha value is -1.77. The number of fused-ring (bicyclic) bond motifs is 1. The predicted octanol–water partition coefficient (Wildman–Crippen LogP) is 2.91. The van der Waals surface area contributed by atoms with Crippen molar-refractivity contribution in [1.29, 1.82) is 0 Å². The lowest BCUT2D eigenvalue weighted by atomic mass is 9.90. The van der Waals surface area contributed by atoms with E-state index in [4.69, 9.17) is 0 Å². The summed E-state index contributed by atoms with van der Waals surface area (Å²) in [5.74, 6) is 0. The molecule has 94 valence electrons. The van der Waals surface area contributed by atoms with Gasteiger partial charge in [0.2, 0.25) is 0 Å². The molecule has 1 aliphatic rings. The molecule has 1 N–H and O–H groups in total. The Morgan fingerprint density at radius 2 is 2.17 bits per heavy atom. The highest BCUT2D eigenvalue weighted by atomic mass is 15.0. The number of nitrogens with one attached hydrogen (secondary N) is 1. The van der Waals surface area contributed by atoms with E-state index in [1.807, 2.05) is 19.6 Å². The summed E-state index contributed by atoms with van der Waals surface area (Å²) in [6.07, 6.45) is 8.86. The maximum absolute atomic E-state index is 4.14. The molecule has 0 amide bonds. The number of imidazole rings is 1. The minimum Gasteiger partial charge on any atom is -0.379 e.